The molecule has 1 aromatic heterocycles. The zero-order valence-electron chi connectivity index (χ0n) is 7.16. The Bertz CT molecular complexity index is 484. The monoisotopic (exact) mass is 194 g/mol. The Morgan fingerprint density at radius 3 is 2.69 bits per heavy atom. The summed E-state index contributed by atoms with van der Waals surface area (Å²) < 4.78 is 0.609. The molecule has 13 heavy (non-hydrogen) atoms. The molecule has 0 radical (unpaired) electrons. The maximum Gasteiger partial charge on any atom is 0.175 e. The van der Waals surface area contributed by atoms with E-state index in [9.17, 15) is 5.11 Å². The smallest absolute Gasteiger partial charge is 0.175 e. The van der Waals surface area contributed by atoms with Crippen molar-refractivity contribution < 1.29 is 5.11 Å². The molecule has 3 N–H and O–H groups in total. The van der Waals surface area contributed by atoms with E-state index in [0.29, 0.717) is 4.77 Å². The summed E-state index contributed by atoms with van der Waals surface area (Å²) in [6.45, 7) is 1.74. The third kappa shape index (κ3) is 1.50. The Labute approximate surface area is 80.4 Å². The quantitative estimate of drug-likeness (QED) is 0.610. The fourth-order valence-corrected chi connectivity index (χ4v) is 1.53. The average Bonchev–Trinajstić information content (AvgIpc) is 2.42. The summed E-state index contributed by atoms with van der Waals surface area (Å²) in [5.41, 5.74) is 2.79. The first-order valence-corrected chi connectivity index (χ1v) is 4.47. The highest BCUT2D eigenvalue weighted by atomic mass is 32.1. The molecule has 3 nitrogen and oxygen atoms in total. The first-order valence-electron chi connectivity index (χ1n) is 4.07. The zero-order valence-corrected chi connectivity index (χ0v) is 7.98. The maximum atomic E-state index is 9.34. The molecule has 0 bridgehead atoms. The normalized spacial score (nSPS) is 13.4. The lowest BCUT2D eigenvalue weighted by molar-refractivity contribution is 0.199. The molecule has 0 fully saturated rings. The molecule has 0 amide bonds. The van der Waals surface area contributed by atoms with Crippen molar-refractivity contribution in [2.45, 2.75) is 13.0 Å². The number of H-pyrrole nitrogens is 2. The van der Waals surface area contributed by atoms with E-state index in [1.807, 2.05) is 18.2 Å². The number of aliphatic hydroxyl groups is 1. The highest BCUT2D eigenvalue weighted by Crippen LogP contribution is 2.17. The number of aromatic amines is 2. The molecule has 2 rings (SSSR count). The van der Waals surface area contributed by atoms with Gasteiger partial charge in [0, 0.05) is 0 Å². The molecule has 1 unspecified atom stereocenters. The van der Waals surface area contributed by atoms with E-state index < -0.39 is 6.10 Å². The van der Waals surface area contributed by atoms with Crippen LogP contribution in [0.3, 0.4) is 0 Å². The Balaban J connectivity index is 2.68. The van der Waals surface area contributed by atoms with Gasteiger partial charge < -0.3 is 15.1 Å². The summed E-state index contributed by atoms with van der Waals surface area (Å²) in [7, 11) is 0. The van der Waals surface area contributed by atoms with Crippen LogP contribution < -0.4 is 0 Å². The van der Waals surface area contributed by atoms with E-state index in [1.165, 1.54) is 0 Å². The molecule has 1 aromatic carbocycles. The van der Waals surface area contributed by atoms with Gasteiger partial charge in [-0.3, -0.25) is 0 Å². The summed E-state index contributed by atoms with van der Waals surface area (Å²) >= 11 is 4.95. The van der Waals surface area contributed by atoms with E-state index >= 15 is 0 Å². The van der Waals surface area contributed by atoms with Crippen molar-refractivity contribution in [3.05, 3.63) is 28.5 Å². The summed E-state index contributed by atoms with van der Waals surface area (Å²) in [5, 5.41) is 9.34. The lowest BCUT2D eigenvalue weighted by Crippen LogP contribution is -1.89. The molecule has 2 aromatic rings. The van der Waals surface area contributed by atoms with Crippen LogP contribution in [-0.2, 0) is 0 Å². The molecular weight excluding hydrogens is 184 g/mol. The van der Waals surface area contributed by atoms with Crippen molar-refractivity contribution in [3.8, 4) is 0 Å². The fraction of sp³-hybridized carbons (Fsp3) is 0.222. The van der Waals surface area contributed by atoms with Crippen molar-refractivity contribution in [2.24, 2.45) is 0 Å². The van der Waals surface area contributed by atoms with Gasteiger partial charge >= 0.3 is 0 Å². The predicted molar refractivity (Wildman–Crippen MR) is 54.1 cm³/mol. The second-order valence-corrected chi connectivity index (χ2v) is 3.47. The second kappa shape index (κ2) is 2.97. The minimum atomic E-state index is -0.443. The van der Waals surface area contributed by atoms with Crippen LogP contribution in [-0.4, -0.2) is 15.1 Å². The largest absolute Gasteiger partial charge is 0.389 e. The number of fused-ring (bicyclic) bond motifs is 1. The third-order valence-electron chi connectivity index (χ3n) is 2.02. The van der Waals surface area contributed by atoms with E-state index in [2.05, 4.69) is 9.97 Å². The highest BCUT2D eigenvalue weighted by Gasteiger charge is 2.02. The number of nitrogens with one attached hydrogen (secondary N) is 2. The Kier molecular flexibility index (Phi) is 1.94. The fourth-order valence-electron chi connectivity index (χ4n) is 1.31. The second-order valence-electron chi connectivity index (χ2n) is 3.06. The standard InChI is InChI=1S/C9H10N2OS/c1-5(12)6-2-3-7-8(4-6)11-9(13)10-7/h2-5,12H,1H3,(H2,10,11,13). The SMILES string of the molecule is CC(O)c1ccc2[nH]c(=S)[nH]c2c1. The Morgan fingerprint density at radius 1 is 1.31 bits per heavy atom. The van der Waals surface area contributed by atoms with Crippen molar-refractivity contribution in [3.63, 3.8) is 0 Å². The van der Waals surface area contributed by atoms with Gasteiger partial charge in [-0.2, -0.15) is 0 Å². The van der Waals surface area contributed by atoms with Gasteiger partial charge in [-0.25, -0.2) is 0 Å². The van der Waals surface area contributed by atoms with Gasteiger partial charge in [-0.1, -0.05) is 6.07 Å². The number of rotatable bonds is 1. The van der Waals surface area contributed by atoms with E-state index in [1.54, 1.807) is 6.92 Å². The van der Waals surface area contributed by atoms with Gasteiger partial charge in [0.25, 0.3) is 0 Å². The van der Waals surface area contributed by atoms with Crippen LogP contribution in [0.25, 0.3) is 11.0 Å². The number of aromatic nitrogens is 2. The number of imidazole rings is 1. The zero-order chi connectivity index (χ0) is 9.42. The molecule has 0 aliphatic carbocycles. The van der Waals surface area contributed by atoms with Crippen LogP contribution in [0.2, 0.25) is 0 Å². The molecule has 0 saturated carbocycles. The summed E-state index contributed by atoms with van der Waals surface area (Å²) in [4.78, 5) is 6.00. The molecule has 68 valence electrons. The summed E-state index contributed by atoms with van der Waals surface area (Å²) in [6, 6.07) is 5.68. The topological polar surface area (TPSA) is 51.8 Å². The minimum Gasteiger partial charge on any atom is -0.389 e. The average molecular weight is 194 g/mol. The molecular formula is C9H10N2OS. The molecule has 0 spiro atoms. The van der Waals surface area contributed by atoms with Crippen LogP contribution in [0.5, 0.6) is 0 Å². The van der Waals surface area contributed by atoms with Gasteiger partial charge in [0.15, 0.2) is 4.77 Å². The van der Waals surface area contributed by atoms with Crippen molar-refractivity contribution in [2.75, 3.05) is 0 Å². The molecule has 1 heterocycles. The van der Waals surface area contributed by atoms with Crippen molar-refractivity contribution in [1.29, 1.82) is 0 Å². The van der Waals surface area contributed by atoms with Gasteiger partial charge in [-0.05, 0) is 36.8 Å². The van der Waals surface area contributed by atoms with Crippen LogP contribution in [0.1, 0.15) is 18.6 Å². The van der Waals surface area contributed by atoms with Gasteiger partial charge in [0.1, 0.15) is 0 Å². The van der Waals surface area contributed by atoms with E-state index in [-0.39, 0.29) is 0 Å². The molecule has 0 aliphatic heterocycles. The third-order valence-corrected chi connectivity index (χ3v) is 2.23. The number of hydrogen-bond acceptors (Lipinski definition) is 2. The molecule has 0 saturated heterocycles. The first kappa shape index (κ1) is 8.47. The van der Waals surface area contributed by atoms with Gasteiger partial charge in [0.2, 0.25) is 0 Å². The minimum absolute atomic E-state index is 0.443. The summed E-state index contributed by atoms with van der Waals surface area (Å²) in [5.74, 6) is 0. The van der Waals surface area contributed by atoms with E-state index in [4.69, 9.17) is 12.2 Å². The predicted octanol–water partition coefficient (Wildman–Crippen LogP) is 2.28. The van der Waals surface area contributed by atoms with Crippen LogP contribution in [0.15, 0.2) is 18.2 Å². The maximum absolute atomic E-state index is 9.34. The number of hydrogen-bond donors (Lipinski definition) is 3. The number of aliphatic hydroxyl groups excluding tert-OH is 1. The lowest BCUT2D eigenvalue weighted by atomic mass is 10.1. The molecule has 0 aliphatic rings. The Morgan fingerprint density at radius 2 is 2.00 bits per heavy atom. The summed E-state index contributed by atoms with van der Waals surface area (Å²) in [6.07, 6.45) is -0.443. The van der Waals surface area contributed by atoms with Crippen molar-refractivity contribution >= 4 is 23.3 Å². The Hall–Kier alpha value is -1.13. The lowest BCUT2D eigenvalue weighted by Gasteiger charge is -2.02. The first-order chi connectivity index (χ1) is 6.16. The van der Waals surface area contributed by atoms with Crippen LogP contribution in [0.4, 0.5) is 0 Å². The van der Waals surface area contributed by atoms with Gasteiger partial charge in [-0.15, -0.1) is 0 Å². The van der Waals surface area contributed by atoms with Crippen LogP contribution in [0, 0.1) is 4.77 Å². The van der Waals surface area contributed by atoms with Gasteiger partial charge in [0.05, 0.1) is 17.1 Å². The highest BCUT2D eigenvalue weighted by molar-refractivity contribution is 7.71. The molecule has 4 heteroatoms. The number of benzene rings is 1. The molecule has 1 atom stereocenters. The van der Waals surface area contributed by atoms with Crippen LogP contribution >= 0.6 is 12.2 Å². The van der Waals surface area contributed by atoms with Crippen molar-refractivity contribution in [1.82, 2.24) is 9.97 Å². The van der Waals surface area contributed by atoms with E-state index in [0.717, 1.165) is 16.6 Å².